The van der Waals surface area contributed by atoms with Crippen LogP contribution in [0, 0.1) is 31.3 Å². The molecular formula is C33H45B2Br3F3N3O9. The molecule has 0 bridgehead atoms. The van der Waals surface area contributed by atoms with Crippen LogP contribution in [-0.2, 0) is 23.4 Å². The van der Waals surface area contributed by atoms with Crippen molar-refractivity contribution in [1.82, 2.24) is 15.0 Å². The fraction of sp³-hybridized carbons (Fsp3) is 0.515. The first-order valence-corrected chi connectivity index (χ1v) is 18.6. The second-order valence-electron chi connectivity index (χ2n) is 12.4. The molecule has 20 heteroatoms. The smallest absolute Gasteiger partial charge is 0.423 e. The number of hydrogen-bond donors (Lipinski definition) is 3. The molecule has 0 atom stereocenters. The molecule has 0 saturated carbocycles. The second kappa shape index (κ2) is 23.3. The second-order valence-corrected chi connectivity index (χ2v) is 14.9. The SMILES string of the molecule is CC(C)OB1OC(C)(C)C(C)(C)O1.CCCO.Cc1c(B(O)O)cnc(C2OCCO2)c1F.Cc1c(Br)cnc(C=O)c1F.Fc1cc(Br)cnc1Br. The van der Waals surface area contributed by atoms with Crippen molar-refractivity contribution in [2.24, 2.45) is 0 Å². The molecule has 294 valence electrons. The molecule has 3 aromatic heterocycles. The van der Waals surface area contributed by atoms with Crippen LogP contribution in [-0.4, -0.2) is 88.0 Å². The van der Waals surface area contributed by atoms with Gasteiger partial charge in [0.1, 0.15) is 16.0 Å². The minimum Gasteiger partial charge on any atom is -0.423 e. The highest BCUT2D eigenvalue weighted by Crippen LogP contribution is 2.37. The first kappa shape index (κ1) is 49.2. The lowest BCUT2D eigenvalue weighted by Gasteiger charge is -2.31. The summed E-state index contributed by atoms with van der Waals surface area (Å²) < 4.78 is 67.6. The summed E-state index contributed by atoms with van der Waals surface area (Å²) in [6.07, 6.45) is 4.73. The highest BCUT2D eigenvalue weighted by atomic mass is 79.9. The summed E-state index contributed by atoms with van der Waals surface area (Å²) in [5, 5.41) is 25.8. The van der Waals surface area contributed by atoms with Crippen LogP contribution in [0.2, 0.25) is 0 Å². The maximum absolute atomic E-state index is 13.8. The fourth-order valence-electron chi connectivity index (χ4n) is 3.68. The third-order valence-electron chi connectivity index (χ3n) is 7.40. The van der Waals surface area contributed by atoms with Crippen molar-refractivity contribution in [2.45, 2.75) is 92.3 Å². The van der Waals surface area contributed by atoms with Crippen molar-refractivity contribution in [1.29, 1.82) is 0 Å². The molecule has 0 amide bonds. The van der Waals surface area contributed by atoms with Gasteiger partial charge < -0.3 is 38.6 Å². The summed E-state index contributed by atoms with van der Waals surface area (Å²) in [6.45, 7) is 18.0. The first-order chi connectivity index (χ1) is 24.6. The van der Waals surface area contributed by atoms with Crippen LogP contribution in [0.4, 0.5) is 13.2 Å². The maximum Gasteiger partial charge on any atom is 0.640 e. The minimum absolute atomic E-state index is 0.0410. The Hall–Kier alpha value is -1.84. The van der Waals surface area contributed by atoms with E-state index in [0.29, 0.717) is 40.6 Å². The predicted molar refractivity (Wildman–Crippen MR) is 205 cm³/mol. The average molecular weight is 946 g/mol. The molecule has 3 N–H and O–H groups in total. The molecule has 0 radical (unpaired) electrons. The first-order valence-electron chi connectivity index (χ1n) is 16.2. The Morgan fingerprint density at radius 3 is 1.94 bits per heavy atom. The molecule has 2 aliphatic heterocycles. The van der Waals surface area contributed by atoms with Crippen molar-refractivity contribution in [3.8, 4) is 0 Å². The molecule has 0 aromatic carbocycles. The van der Waals surface area contributed by atoms with Gasteiger partial charge in [-0.25, -0.2) is 23.1 Å². The fourth-order valence-corrected chi connectivity index (χ4v) is 4.47. The molecule has 12 nitrogen and oxygen atoms in total. The summed E-state index contributed by atoms with van der Waals surface area (Å²) in [5.74, 6) is -1.55. The van der Waals surface area contributed by atoms with Gasteiger partial charge >= 0.3 is 14.4 Å². The monoisotopic (exact) mass is 943 g/mol. The van der Waals surface area contributed by atoms with Gasteiger partial charge in [-0.2, -0.15) is 0 Å². The number of carbonyl (C=O) groups excluding carboxylic acids is 1. The molecule has 0 spiro atoms. The van der Waals surface area contributed by atoms with E-state index >= 15 is 0 Å². The lowest BCUT2D eigenvalue weighted by molar-refractivity contribution is -0.0498. The Labute approximate surface area is 334 Å². The number of aliphatic hydroxyl groups is 1. The zero-order chi connectivity index (χ0) is 40.7. The van der Waals surface area contributed by atoms with E-state index < -0.39 is 32.4 Å². The van der Waals surface area contributed by atoms with Gasteiger partial charge in [-0.15, -0.1) is 0 Å². The number of pyridine rings is 3. The number of rotatable bonds is 6. The van der Waals surface area contributed by atoms with Gasteiger partial charge in [0.2, 0.25) is 6.29 Å². The quantitative estimate of drug-likeness (QED) is 0.140. The number of carbonyl (C=O) groups is 1. The summed E-state index contributed by atoms with van der Waals surface area (Å²) in [7, 11) is -2.26. The summed E-state index contributed by atoms with van der Waals surface area (Å²) in [5.41, 5.74) is -0.121. The lowest BCUT2D eigenvalue weighted by atomic mass is 9.78. The van der Waals surface area contributed by atoms with E-state index in [1.165, 1.54) is 31.6 Å². The van der Waals surface area contributed by atoms with Crippen LogP contribution in [0.3, 0.4) is 0 Å². The van der Waals surface area contributed by atoms with Crippen LogP contribution in [0.25, 0.3) is 0 Å². The van der Waals surface area contributed by atoms with Crippen LogP contribution in [0.15, 0.2) is 38.2 Å². The zero-order valence-corrected chi connectivity index (χ0v) is 35.7. The Morgan fingerprint density at radius 2 is 1.51 bits per heavy atom. The van der Waals surface area contributed by atoms with Crippen molar-refractivity contribution in [2.75, 3.05) is 19.8 Å². The molecule has 0 aliphatic carbocycles. The topological polar surface area (TPSA) is 163 Å². The maximum atomic E-state index is 13.8. The number of nitrogens with zero attached hydrogens (tertiary/aromatic N) is 3. The van der Waals surface area contributed by atoms with Gasteiger partial charge in [-0.1, -0.05) is 6.92 Å². The van der Waals surface area contributed by atoms with Crippen LogP contribution in [0.1, 0.15) is 88.5 Å². The highest BCUT2D eigenvalue weighted by molar-refractivity contribution is 9.11. The summed E-state index contributed by atoms with van der Waals surface area (Å²) in [4.78, 5) is 21.2. The molecule has 5 rings (SSSR count). The average Bonchev–Trinajstić information content (AvgIpc) is 3.68. The molecule has 2 aliphatic rings. The van der Waals surface area contributed by atoms with Gasteiger partial charge in [0.15, 0.2) is 23.7 Å². The normalized spacial score (nSPS) is 15.6. The number of ether oxygens (including phenoxy) is 2. The van der Waals surface area contributed by atoms with E-state index in [1.54, 1.807) is 6.92 Å². The number of aldehydes is 1. The van der Waals surface area contributed by atoms with E-state index in [-0.39, 0.29) is 50.1 Å². The summed E-state index contributed by atoms with van der Waals surface area (Å²) >= 11 is 9.09. The number of aliphatic hydroxyl groups excluding tert-OH is 1. The van der Waals surface area contributed by atoms with E-state index in [0.717, 1.165) is 6.42 Å². The van der Waals surface area contributed by atoms with Gasteiger partial charge in [-0.3, -0.25) is 9.78 Å². The minimum atomic E-state index is -1.73. The van der Waals surface area contributed by atoms with E-state index in [9.17, 15) is 18.0 Å². The van der Waals surface area contributed by atoms with Gasteiger partial charge in [0.25, 0.3) is 0 Å². The third kappa shape index (κ3) is 15.7. The van der Waals surface area contributed by atoms with E-state index in [4.69, 9.17) is 38.6 Å². The third-order valence-corrected chi connectivity index (χ3v) is 9.21. The molecule has 53 heavy (non-hydrogen) atoms. The number of halogens is 6. The highest BCUT2D eigenvalue weighted by Gasteiger charge is 2.53. The Balaban J connectivity index is 0.000000348. The van der Waals surface area contributed by atoms with Crippen LogP contribution in [0.5, 0.6) is 0 Å². The van der Waals surface area contributed by atoms with Crippen LogP contribution < -0.4 is 5.46 Å². The molecular weight excluding hydrogens is 901 g/mol. The van der Waals surface area contributed by atoms with Crippen molar-refractivity contribution in [3.05, 3.63) is 78.2 Å². The lowest BCUT2D eigenvalue weighted by Crippen LogP contribution is -2.41. The molecule has 5 heterocycles. The number of hydrogen-bond acceptors (Lipinski definition) is 12. The van der Waals surface area contributed by atoms with Gasteiger partial charge in [0, 0.05) is 51.3 Å². The predicted octanol–water partition coefficient (Wildman–Crippen LogP) is 6.49. The molecule has 2 fully saturated rings. The molecule has 3 aromatic rings. The van der Waals surface area contributed by atoms with Gasteiger partial charge in [0.05, 0.1) is 24.4 Å². The van der Waals surface area contributed by atoms with E-state index in [1.807, 2.05) is 48.5 Å². The van der Waals surface area contributed by atoms with Crippen molar-refractivity contribution < 1.29 is 56.6 Å². The standard InChI is InChI=1S/C9H11BFNO4.C9H19BO3.C7H5BrFNO.C5H2Br2FN.C3H8O/c1-5-6(10(13)14)4-12-8(7(5)11)9-15-2-3-16-9;1-7(2)11-10-12-8(3,4)9(5,6)13-10;1-4-5(8)2-10-6(3-11)7(4)9;6-3-1-4(8)5(7)9-2-3;1-2-3-4/h4,9,13-14H,2-3H2,1H3;7H,1-6H3;2-3H,1H3;1-2H;4H,2-3H2,1H3. The zero-order valence-electron chi connectivity index (χ0n) is 30.9. The number of aromatic nitrogens is 3. The largest absolute Gasteiger partial charge is 0.640 e. The van der Waals surface area contributed by atoms with Crippen molar-refractivity contribution in [3.63, 3.8) is 0 Å². The van der Waals surface area contributed by atoms with Crippen LogP contribution >= 0.6 is 47.8 Å². The Morgan fingerprint density at radius 1 is 0.962 bits per heavy atom. The Bertz CT molecular complexity index is 1590. The summed E-state index contributed by atoms with van der Waals surface area (Å²) in [6, 6.07) is 1.34. The van der Waals surface area contributed by atoms with E-state index in [2.05, 4.69) is 62.7 Å². The Kier molecular flexibility index (Phi) is 21.6. The van der Waals surface area contributed by atoms with Crippen molar-refractivity contribution >= 4 is 74.0 Å². The molecule has 2 saturated heterocycles. The molecule has 0 unspecified atom stereocenters. The van der Waals surface area contributed by atoms with Gasteiger partial charge in [-0.05, 0) is 121 Å².